The van der Waals surface area contributed by atoms with Crippen molar-refractivity contribution < 1.29 is 23.2 Å². The van der Waals surface area contributed by atoms with Gasteiger partial charge < -0.3 is 9.63 Å². The second-order valence-corrected chi connectivity index (χ2v) is 6.16. The van der Waals surface area contributed by atoms with Crippen LogP contribution < -0.4 is 4.52 Å². The molecule has 0 fully saturated rings. The van der Waals surface area contributed by atoms with Crippen molar-refractivity contribution in [3.63, 3.8) is 0 Å². The van der Waals surface area contributed by atoms with E-state index in [2.05, 4.69) is 9.05 Å². The molecule has 1 aromatic carbocycles. The molecule has 10 heteroatoms. The van der Waals surface area contributed by atoms with Crippen molar-refractivity contribution >= 4 is 54.2 Å². The van der Waals surface area contributed by atoms with Gasteiger partial charge in [-0.1, -0.05) is 46.4 Å². The summed E-state index contributed by atoms with van der Waals surface area (Å²) in [5, 5.41) is 8.85. The molecule has 0 aliphatic carbocycles. The largest absolute Gasteiger partial charge is 0.529 e. The van der Waals surface area contributed by atoms with Crippen molar-refractivity contribution in [1.82, 2.24) is 0 Å². The van der Waals surface area contributed by atoms with Gasteiger partial charge in [0, 0.05) is 14.2 Å². The molecular weight excluding hydrogens is 349 g/mol. The number of phenolic OH excluding ortho intramolecular Hbond substituents is 1. The van der Waals surface area contributed by atoms with Crippen molar-refractivity contribution in [2.24, 2.45) is 0 Å². The lowest BCUT2D eigenvalue weighted by Gasteiger charge is -2.17. The van der Waals surface area contributed by atoms with Gasteiger partial charge in [-0.2, -0.15) is 0 Å². The van der Waals surface area contributed by atoms with Crippen LogP contribution in [0.2, 0.25) is 20.1 Å². The van der Waals surface area contributed by atoms with E-state index in [-0.39, 0.29) is 20.1 Å². The molecule has 1 N–H and O–H groups in total. The molecule has 0 aliphatic heterocycles. The summed E-state index contributed by atoms with van der Waals surface area (Å²) in [5.74, 6) is -1.06. The van der Waals surface area contributed by atoms with Crippen LogP contribution >= 0.6 is 54.2 Å². The number of halogens is 4. The summed E-state index contributed by atoms with van der Waals surface area (Å²) in [6, 6.07) is 0. The van der Waals surface area contributed by atoms with Crippen LogP contribution in [0.1, 0.15) is 0 Å². The van der Waals surface area contributed by atoms with Gasteiger partial charge in [0.25, 0.3) is 0 Å². The summed E-state index contributed by atoms with van der Waals surface area (Å²) >= 11 is 23.0. The number of benzene rings is 1. The normalized spacial score (nSPS) is 11.7. The molecule has 0 bridgehead atoms. The summed E-state index contributed by atoms with van der Waals surface area (Å²) < 4.78 is 25.7. The van der Waals surface area contributed by atoms with Gasteiger partial charge in [0.2, 0.25) is 0 Å². The van der Waals surface area contributed by atoms with Gasteiger partial charge in [-0.05, 0) is 0 Å². The molecule has 0 spiro atoms. The quantitative estimate of drug-likeness (QED) is 0.478. The molecule has 0 heterocycles. The van der Waals surface area contributed by atoms with E-state index in [1.807, 2.05) is 0 Å². The Morgan fingerprint density at radius 3 is 1.83 bits per heavy atom. The standard InChI is InChI=1S/C8H7Cl4O5P/c1-15-18(14,16-2)17-8-6(12)4(10)3(9)5(11)7(8)13/h13H,1-2H3. The van der Waals surface area contributed by atoms with Crippen LogP contribution in [-0.4, -0.2) is 19.3 Å². The van der Waals surface area contributed by atoms with Crippen LogP contribution in [0.4, 0.5) is 0 Å². The first-order valence-corrected chi connectivity index (χ1v) is 7.20. The number of phenols is 1. The first-order chi connectivity index (χ1) is 8.27. The Labute approximate surface area is 123 Å². The van der Waals surface area contributed by atoms with Crippen LogP contribution in [0, 0.1) is 0 Å². The zero-order valence-electron chi connectivity index (χ0n) is 9.04. The number of hydrogen-bond acceptors (Lipinski definition) is 5. The Kier molecular flexibility index (Phi) is 5.44. The maximum Gasteiger partial charge on any atom is 0.529 e. The molecule has 1 aromatic rings. The fraction of sp³-hybridized carbons (Fsp3) is 0.250. The second kappa shape index (κ2) is 6.06. The summed E-state index contributed by atoms with van der Waals surface area (Å²) in [4.78, 5) is 0. The summed E-state index contributed by atoms with van der Waals surface area (Å²) in [7, 11) is -1.73. The van der Waals surface area contributed by atoms with Crippen molar-refractivity contribution in [2.45, 2.75) is 0 Å². The van der Waals surface area contributed by atoms with Gasteiger partial charge in [0.1, 0.15) is 10.0 Å². The van der Waals surface area contributed by atoms with Crippen molar-refractivity contribution in [2.75, 3.05) is 14.2 Å². The van der Waals surface area contributed by atoms with E-state index in [4.69, 9.17) is 50.9 Å². The lowest BCUT2D eigenvalue weighted by molar-refractivity contribution is 0.209. The van der Waals surface area contributed by atoms with Gasteiger partial charge in [-0.15, -0.1) is 0 Å². The SMILES string of the molecule is COP(=O)(OC)Oc1c(O)c(Cl)c(Cl)c(Cl)c1Cl. The molecule has 0 amide bonds. The highest BCUT2D eigenvalue weighted by Crippen LogP contribution is 2.56. The van der Waals surface area contributed by atoms with E-state index in [0.717, 1.165) is 14.2 Å². The molecule has 18 heavy (non-hydrogen) atoms. The van der Waals surface area contributed by atoms with Crippen molar-refractivity contribution in [1.29, 1.82) is 0 Å². The fourth-order valence-electron chi connectivity index (χ4n) is 0.944. The van der Waals surface area contributed by atoms with E-state index in [1.165, 1.54) is 0 Å². The Bertz CT molecular complexity index is 484. The second-order valence-electron chi connectivity index (χ2n) is 2.84. The molecular formula is C8H7Cl4O5P. The third-order valence-corrected chi connectivity index (χ3v) is 4.93. The summed E-state index contributed by atoms with van der Waals surface area (Å²) in [6.07, 6.45) is 0. The minimum atomic E-state index is -3.92. The third kappa shape index (κ3) is 2.99. The molecule has 0 aromatic heterocycles. The Morgan fingerprint density at radius 2 is 1.39 bits per heavy atom. The molecule has 0 unspecified atom stereocenters. The summed E-state index contributed by atoms with van der Waals surface area (Å²) in [5.41, 5.74) is 0. The predicted molar refractivity (Wildman–Crippen MR) is 70.4 cm³/mol. The highest BCUT2D eigenvalue weighted by molar-refractivity contribution is 7.48. The molecule has 0 radical (unpaired) electrons. The fourth-order valence-corrected chi connectivity index (χ4v) is 2.56. The Hall–Kier alpha value is 0.130. The average Bonchev–Trinajstić information content (AvgIpc) is 2.39. The molecule has 0 atom stereocenters. The van der Waals surface area contributed by atoms with E-state index in [1.54, 1.807) is 0 Å². The predicted octanol–water partition coefficient (Wildman–Crippen LogP) is 4.79. The molecule has 5 nitrogen and oxygen atoms in total. The molecule has 0 aliphatic rings. The van der Waals surface area contributed by atoms with Gasteiger partial charge in [0.15, 0.2) is 11.5 Å². The lowest BCUT2D eigenvalue weighted by Crippen LogP contribution is -1.98. The minimum Gasteiger partial charge on any atom is -0.503 e. The van der Waals surface area contributed by atoms with Crippen molar-refractivity contribution in [3.8, 4) is 11.5 Å². The smallest absolute Gasteiger partial charge is 0.503 e. The maximum absolute atomic E-state index is 11.8. The third-order valence-electron chi connectivity index (χ3n) is 1.85. The van der Waals surface area contributed by atoms with Gasteiger partial charge >= 0.3 is 7.82 Å². The van der Waals surface area contributed by atoms with Crippen LogP contribution in [0.25, 0.3) is 0 Å². The average molecular weight is 356 g/mol. The molecule has 102 valence electrons. The number of phosphoric acid groups is 1. The monoisotopic (exact) mass is 354 g/mol. The highest BCUT2D eigenvalue weighted by Gasteiger charge is 2.31. The van der Waals surface area contributed by atoms with Crippen LogP contribution in [0.15, 0.2) is 0 Å². The molecule has 0 saturated heterocycles. The Balaban J connectivity index is 3.39. The summed E-state index contributed by atoms with van der Waals surface area (Å²) in [6.45, 7) is 0. The van der Waals surface area contributed by atoms with Crippen molar-refractivity contribution in [3.05, 3.63) is 20.1 Å². The zero-order valence-corrected chi connectivity index (χ0v) is 13.0. The number of aromatic hydroxyl groups is 1. The van der Waals surface area contributed by atoms with E-state index < -0.39 is 19.3 Å². The first kappa shape index (κ1) is 16.2. The van der Waals surface area contributed by atoms with Gasteiger partial charge in [-0.3, -0.25) is 9.05 Å². The zero-order chi connectivity index (χ0) is 14.1. The van der Waals surface area contributed by atoms with Crippen LogP contribution in [0.5, 0.6) is 11.5 Å². The van der Waals surface area contributed by atoms with Gasteiger partial charge in [0.05, 0.1) is 10.0 Å². The van der Waals surface area contributed by atoms with E-state index in [0.29, 0.717) is 0 Å². The van der Waals surface area contributed by atoms with E-state index in [9.17, 15) is 9.67 Å². The minimum absolute atomic E-state index is 0.155. The van der Waals surface area contributed by atoms with Gasteiger partial charge in [-0.25, -0.2) is 4.57 Å². The Morgan fingerprint density at radius 1 is 0.944 bits per heavy atom. The van der Waals surface area contributed by atoms with Crippen LogP contribution in [0.3, 0.4) is 0 Å². The number of phosphoric ester groups is 1. The number of hydrogen-bond donors (Lipinski definition) is 1. The van der Waals surface area contributed by atoms with Crippen LogP contribution in [-0.2, 0) is 13.6 Å². The van der Waals surface area contributed by atoms with E-state index >= 15 is 0 Å². The topological polar surface area (TPSA) is 65.0 Å². The lowest BCUT2D eigenvalue weighted by atomic mass is 10.3. The number of rotatable bonds is 4. The molecule has 1 rings (SSSR count). The molecule has 0 saturated carbocycles. The maximum atomic E-state index is 11.8. The first-order valence-electron chi connectivity index (χ1n) is 4.23. The highest BCUT2D eigenvalue weighted by atomic mass is 35.5.